The van der Waals surface area contributed by atoms with Crippen LogP contribution < -0.4 is 4.52 Å². The van der Waals surface area contributed by atoms with Crippen molar-refractivity contribution in [3.05, 3.63) is 41.5 Å². The minimum Gasteiger partial charge on any atom is -0.125 e. The molecule has 0 aliphatic carbocycles. The summed E-state index contributed by atoms with van der Waals surface area (Å²) >= 11 is 0. The maximum Gasteiger partial charge on any atom is 0.203 e. The van der Waals surface area contributed by atoms with Gasteiger partial charge in [-0.2, -0.15) is 0 Å². The van der Waals surface area contributed by atoms with E-state index in [1.807, 2.05) is 0 Å². The van der Waals surface area contributed by atoms with Gasteiger partial charge in [0.05, 0.1) is 11.4 Å². The van der Waals surface area contributed by atoms with Crippen LogP contribution in [0.25, 0.3) is 0 Å². The van der Waals surface area contributed by atoms with Gasteiger partial charge in [0.2, 0.25) is 12.4 Å². The molecule has 2 heteroatoms. The number of nitrogens with zero attached hydrogens (tertiary/aromatic N) is 2. The first-order valence-electron chi connectivity index (χ1n) is 4.15. The summed E-state index contributed by atoms with van der Waals surface area (Å²) in [5, 5.41) is 0. The minimum absolute atomic E-state index is 1.27. The first kappa shape index (κ1) is 7.35. The molecule has 0 aliphatic rings. The molecule has 62 valence electrons. The van der Waals surface area contributed by atoms with Crippen LogP contribution in [0.5, 0.6) is 0 Å². The molecule has 0 bridgehead atoms. The third kappa shape index (κ3) is 0.916. The highest BCUT2D eigenvalue weighted by Gasteiger charge is 2.07. The molecule has 0 amide bonds. The van der Waals surface area contributed by atoms with E-state index in [0.717, 1.165) is 0 Å². The monoisotopic (exact) mass is 161 g/mol. The lowest BCUT2D eigenvalue weighted by Gasteiger charge is -1.96. The molecule has 12 heavy (non-hydrogen) atoms. The summed E-state index contributed by atoms with van der Waals surface area (Å²) in [7, 11) is 0. The highest BCUT2D eigenvalue weighted by Crippen LogP contribution is 2.01. The van der Waals surface area contributed by atoms with Crippen LogP contribution in [0.1, 0.15) is 17.0 Å². The van der Waals surface area contributed by atoms with Crippen molar-refractivity contribution in [2.75, 3.05) is 0 Å². The number of hydrogen-bond donors (Lipinski definition) is 0. The maximum absolute atomic E-state index is 2.19. The van der Waals surface area contributed by atoms with Crippen molar-refractivity contribution in [1.29, 1.82) is 0 Å². The van der Waals surface area contributed by atoms with Gasteiger partial charge in [-0.3, -0.25) is 0 Å². The SMILES string of the molecule is Cc1cc(C)n2c(C)cc[n+]2c1. The fourth-order valence-corrected chi connectivity index (χ4v) is 1.70. The van der Waals surface area contributed by atoms with E-state index >= 15 is 0 Å². The Kier molecular flexibility index (Phi) is 1.43. The van der Waals surface area contributed by atoms with Gasteiger partial charge in [0.1, 0.15) is 0 Å². The second-order valence-corrected chi connectivity index (χ2v) is 3.31. The summed E-state index contributed by atoms with van der Waals surface area (Å²) in [4.78, 5) is 0. The van der Waals surface area contributed by atoms with Crippen molar-refractivity contribution in [3.63, 3.8) is 0 Å². The van der Waals surface area contributed by atoms with E-state index < -0.39 is 0 Å². The Morgan fingerprint density at radius 1 is 1.17 bits per heavy atom. The van der Waals surface area contributed by atoms with Gasteiger partial charge >= 0.3 is 0 Å². The number of rotatable bonds is 0. The van der Waals surface area contributed by atoms with Gasteiger partial charge in [0, 0.05) is 11.6 Å². The van der Waals surface area contributed by atoms with Crippen LogP contribution in [-0.4, -0.2) is 4.52 Å². The zero-order chi connectivity index (χ0) is 8.72. The normalized spacial score (nSPS) is 10.9. The Morgan fingerprint density at radius 3 is 2.67 bits per heavy atom. The average Bonchev–Trinajstić information content (AvgIpc) is 2.31. The minimum atomic E-state index is 1.27. The number of fused-ring (bicyclic) bond motifs is 1. The van der Waals surface area contributed by atoms with Crippen LogP contribution in [-0.2, 0) is 0 Å². The predicted molar refractivity (Wildman–Crippen MR) is 47.3 cm³/mol. The molecule has 2 aromatic rings. The molecular weight excluding hydrogens is 148 g/mol. The zero-order valence-electron chi connectivity index (χ0n) is 7.70. The molecule has 0 unspecified atom stereocenters. The molecule has 0 N–H and O–H groups in total. The quantitative estimate of drug-likeness (QED) is 0.517. The van der Waals surface area contributed by atoms with E-state index in [4.69, 9.17) is 0 Å². The van der Waals surface area contributed by atoms with Crippen LogP contribution in [0, 0.1) is 20.8 Å². The summed E-state index contributed by atoms with van der Waals surface area (Å²) in [5.74, 6) is 0. The predicted octanol–water partition coefficient (Wildman–Crippen LogP) is 1.45. The van der Waals surface area contributed by atoms with Gasteiger partial charge in [-0.15, -0.1) is 4.52 Å². The van der Waals surface area contributed by atoms with Gasteiger partial charge < -0.3 is 0 Å². The number of hydrogen-bond acceptors (Lipinski definition) is 0. The summed E-state index contributed by atoms with van der Waals surface area (Å²) in [5.41, 5.74) is 3.84. The van der Waals surface area contributed by atoms with E-state index in [2.05, 4.69) is 54.3 Å². The summed E-state index contributed by atoms with van der Waals surface area (Å²) in [6, 6.07) is 4.30. The van der Waals surface area contributed by atoms with Crippen molar-refractivity contribution in [2.45, 2.75) is 20.8 Å². The first-order chi connectivity index (χ1) is 5.68. The third-order valence-electron chi connectivity index (χ3n) is 2.14. The molecule has 0 atom stereocenters. The molecule has 0 saturated carbocycles. The lowest BCUT2D eigenvalue weighted by molar-refractivity contribution is -0.619. The Balaban J connectivity index is 2.93. The summed E-state index contributed by atoms with van der Waals surface area (Å²) < 4.78 is 4.30. The van der Waals surface area contributed by atoms with E-state index in [-0.39, 0.29) is 0 Å². The van der Waals surface area contributed by atoms with Crippen molar-refractivity contribution in [2.24, 2.45) is 0 Å². The second kappa shape index (κ2) is 2.34. The smallest absolute Gasteiger partial charge is 0.125 e. The molecule has 0 saturated heterocycles. The van der Waals surface area contributed by atoms with Crippen LogP contribution in [0.4, 0.5) is 0 Å². The average molecular weight is 161 g/mol. The van der Waals surface area contributed by atoms with E-state index in [1.54, 1.807) is 0 Å². The van der Waals surface area contributed by atoms with Gasteiger partial charge in [-0.05, 0) is 26.8 Å². The van der Waals surface area contributed by atoms with Gasteiger partial charge in [0.15, 0.2) is 0 Å². The van der Waals surface area contributed by atoms with E-state index in [9.17, 15) is 0 Å². The number of aromatic nitrogens is 2. The van der Waals surface area contributed by atoms with E-state index in [1.165, 1.54) is 17.0 Å². The topological polar surface area (TPSA) is 8.51 Å². The fraction of sp³-hybridized carbons (Fsp3) is 0.300. The zero-order valence-corrected chi connectivity index (χ0v) is 7.70. The van der Waals surface area contributed by atoms with Crippen molar-refractivity contribution in [1.82, 2.24) is 4.52 Å². The molecule has 2 aromatic heterocycles. The van der Waals surface area contributed by atoms with Crippen LogP contribution in [0.15, 0.2) is 24.5 Å². The van der Waals surface area contributed by atoms with Crippen molar-refractivity contribution in [3.8, 4) is 0 Å². The molecule has 0 radical (unpaired) electrons. The van der Waals surface area contributed by atoms with Crippen LogP contribution >= 0.6 is 0 Å². The van der Waals surface area contributed by atoms with Crippen molar-refractivity contribution < 1.29 is 4.52 Å². The lowest BCUT2D eigenvalue weighted by Crippen LogP contribution is -2.29. The summed E-state index contributed by atoms with van der Waals surface area (Å²) in [6.45, 7) is 6.35. The maximum atomic E-state index is 2.19. The van der Waals surface area contributed by atoms with E-state index in [0.29, 0.717) is 0 Å². The molecule has 0 spiro atoms. The largest absolute Gasteiger partial charge is 0.203 e. The summed E-state index contributed by atoms with van der Waals surface area (Å²) in [6.07, 6.45) is 4.20. The molecule has 2 rings (SSSR count). The molecule has 0 aromatic carbocycles. The van der Waals surface area contributed by atoms with Gasteiger partial charge in [-0.25, -0.2) is 0 Å². The Labute approximate surface area is 72.1 Å². The lowest BCUT2D eigenvalue weighted by atomic mass is 10.3. The van der Waals surface area contributed by atoms with Gasteiger partial charge in [0.25, 0.3) is 0 Å². The van der Waals surface area contributed by atoms with Crippen molar-refractivity contribution >= 4 is 0 Å². The molecule has 2 nitrogen and oxygen atoms in total. The molecule has 2 heterocycles. The Bertz CT molecular complexity index is 427. The first-order valence-corrected chi connectivity index (χ1v) is 4.15. The molecular formula is C10H13N2+. The highest BCUT2D eigenvalue weighted by atomic mass is 15.3. The third-order valence-corrected chi connectivity index (χ3v) is 2.14. The standard InChI is InChI=1S/C10H13N2/c1-8-6-10(3)12-9(2)4-5-11(12)7-8/h4-7H,1-3H3/q+1. The number of aryl methyl sites for hydroxylation is 3. The second-order valence-electron chi connectivity index (χ2n) is 3.31. The van der Waals surface area contributed by atoms with Crippen LogP contribution in [0.3, 0.4) is 0 Å². The molecule has 0 aliphatic heterocycles. The van der Waals surface area contributed by atoms with Crippen LogP contribution in [0.2, 0.25) is 0 Å². The van der Waals surface area contributed by atoms with Gasteiger partial charge in [-0.1, -0.05) is 4.52 Å². The Hall–Kier alpha value is -1.31. The highest BCUT2D eigenvalue weighted by molar-refractivity contribution is 5.11. The fourth-order valence-electron chi connectivity index (χ4n) is 1.70. The molecule has 0 fully saturated rings. The Morgan fingerprint density at radius 2 is 1.92 bits per heavy atom.